The standard InChI is InChI=1S/C18H18IN3O2S/c1-2-6-16(23)20-12-7-5-8-13(11-12)21-18(25)22-17(24)14-9-3-4-10-15(14)19/h3-5,7-11H,2,6H2,1H3,(H,20,23)(H2,21,22,24,25). The molecule has 0 saturated carbocycles. The van der Waals surface area contributed by atoms with Gasteiger partial charge >= 0.3 is 0 Å². The highest BCUT2D eigenvalue weighted by Crippen LogP contribution is 2.16. The molecule has 0 bridgehead atoms. The van der Waals surface area contributed by atoms with Gasteiger partial charge in [-0.05, 0) is 71.6 Å². The van der Waals surface area contributed by atoms with Crippen molar-refractivity contribution in [1.29, 1.82) is 0 Å². The molecule has 0 aliphatic rings. The number of anilines is 2. The predicted molar refractivity (Wildman–Crippen MR) is 113 cm³/mol. The number of carbonyl (C=O) groups excluding carboxylic acids is 2. The highest BCUT2D eigenvalue weighted by molar-refractivity contribution is 14.1. The maximum Gasteiger partial charge on any atom is 0.258 e. The molecule has 0 atom stereocenters. The number of amides is 2. The van der Waals surface area contributed by atoms with Gasteiger partial charge in [0.1, 0.15) is 0 Å². The van der Waals surface area contributed by atoms with Crippen molar-refractivity contribution in [2.45, 2.75) is 19.8 Å². The van der Waals surface area contributed by atoms with E-state index in [-0.39, 0.29) is 16.9 Å². The average molecular weight is 467 g/mol. The lowest BCUT2D eigenvalue weighted by atomic mass is 10.2. The molecule has 0 aromatic heterocycles. The van der Waals surface area contributed by atoms with Gasteiger partial charge in [-0.25, -0.2) is 0 Å². The Morgan fingerprint density at radius 3 is 2.40 bits per heavy atom. The fraction of sp³-hybridized carbons (Fsp3) is 0.167. The van der Waals surface area contributed by atoms with E-state index in [9.17, 15) is 9.59 Å². The highest BCUT2D eigenvalue weighted by Gasteiger charge is 2.11. The Hall–Kier alpha value is -2.00. The third-order valence-electron chi connectivity index (χ3n) is 3.23. The van der Waals surface area contributed by atoms with Crippen LogP contribution < -0.4 is 16.0 Å². The summed E-state index contributed by atoms with van der Waals surface area (Å²) in [7, 11) is 0. The zero-order valence-electron chi connectivity index (χ0n) is 13.6. The Morgan fingerprint density at radius 1 is 1.04 bits per heavy atom. The topological polar surface area (TPSA) is 70.2 Å². The highest BCUT2D eigenvalue weighted by atomic mass is 127. The zero-order chi connectivity index (χ0) is 18.2. The second-order valence-corrected chi connectivity index (χ2v) is 6.84. The fourth-order valence-electron chi connectivity index (χ4n) is 2.10. The summed E-state index contributed by atoms with van der Waals surface area (Å²) in [6.45, 7) is 1.95. The Labute approximate surface area is 165 Å². The van der Waals surface area contributed by atoms with Gasteiger partial charge in [-0.2, -0.15) is 0 Å². The lowest BCUT2D eigenvalue weighted by Gasteiger charge is -2.12. The lowest BCUT2D eigenvalue weighted by Crippen LogP contribution is -2.34. The molecule has 3 N–H and O–H groups in total. The van der Waals surface area contributed by atoms with Crippen LogP contribution in [0, 0.1) is 3.57 Å². The molecule has 0 radical (unpaired) electrons. The van der Waals surface area contributed by atoms with Crippen molar-refractivity contribution in [2.24, 2.45) is 0 Å². The van der Waals surface area contributed by atoms with E-state index in [1.54, 1.807) is 36.4 Å². The summed E-state index contributed by atoms with van der Waals surface area (Å²) in [6, 6.07) is 14.4. The molecule has 25 heavy (non-hydrogen) atoms. The molecular weight excluding hydrogens is 449 g/mol. The van der Waals surface area contributed by atoms with Gasteiger partial charge in [0.05, 0.1) is 5.56 Å². The van der Waals surface area contributed by atoms with Crippen LogP contribution in [-0.4, -0.2) is 16.9 Å². The van der Waals surface area contributed by atoms with Crippen molar-refractivity contribution in [3.8, 4) is 0 Å². The van der Waals surface area contributed by atoms with E-state index >= 15 is 0 Å². The molecule has 2 aromatic carbocycles. The quantitative estimate of drug-likeness (QED) is 0.457. The summed E-state index contributed by atoms with van der Waals surface area (Å²) in [6.07, 6.45) is 1.26. The van der Waals surface area contributed by atoms with Crippen molar-refractivity contribution in [1.82, 2.24) is 5.32 Å². The van der Waals surface area contributed by atoms with Gasteiger partial charge in [0.2, 0.25) is 5.91 Å². The SMILES string of the molecule is CCCC(=O)Nc1cccc(NC(=S)NC(=O)c2ccccc2I)c1. The summed E-state index contributed by atoms with van der Waals surface area (Å²) in [5, 5.41) is 8.62. The van der Waals surface area contributed by atoms with Crippen molar-refractivity contribution in [3.05, 3.63) is 57.7 Å². The van der Waals surface area contributed by atoms with Crippen LogP contribution in [0.2, 0.25) is 0 Å². The number of halogens is 1. The van der Waals surface area contributed by atoms with Crippen LogP contribution in [0.4, 0.5) is 11.4 Å². The molecule has 0 spiro atoms. The molecule has 5 nitrogen and oxygen atoms in total. The Balaban J connectivity index is 1.97. The molecule has 7 heteroatoms. The molecule has 2 rings (SSSR count). The third-order valence-corrected chi connectivity index (χ3v) is 4.37. The van der Waals surface area contributed by atoms with Gasteiger partial charge in [-0.1, -0.05) is 25.1 Å². The first-order chi connectivity index (χ1) is 12.0. The van der Waals surface area contributed by atoms with Crippen LogP contribution in [0.15, 0.2) is 48.5 Å². The Bertz CT molecular complexity index is 795. The molecule has 0 heterocycles. The van der Waals surface area contributed by atoms with E-state index in [4.69, 9.17) is 12.2 Å². The smallest absolute Gasteiger partial charge is 0.258 e. The van der Waals surface area contributed by atoms with Crippen molar-refractivity contribution >= 4 is 63.1 Å². The van der Waals surface area contributed by atoms with Gasteiger partial charge in [-0.15, -0.1) is 0 Å². The van der Waals surface area contributed by atoms with E-state index in [2.05, 4.69) is 38.5 Å². The van der Waals surface area contributed by atoms with E-state index in [0.29, 0.717) is 23.4 Å². The minimum Gasteiger partial charge on any atom is -0.332 e. The summed E-state index contributed by atoms with van der Waals surface area (Å²) in [4.78, 5) is 23.9. The van der Waals surface area contributed by atoms with Gasteiger partial charge < -0.3 is 10.6 Å². The van der Waals surface area contributed by atoms with E-state index in [0.717, 1.165) is 9.99 Å². The molecule has 0 aliphatic carbocycles. The van der Waals surface area contributed by atoms with Crippen molar-refractivity contribution < 1.29 is 9.59 Å². The molecule has 0 aliphatic heterocycles. The molecule has 2 amide bonds. The number of nitrogens with one attached hydrogen (secondary N) is 3. The molecule has 0 fully saturated rings. The van der Waals surface area contributed by atoms with E-state index in [1.165, 1.54) is 0 Å². The zero-order valence-corrected chi connectivity index (χ0v) is 16.6. The first kappa shape index (κ1) is 19.3. The van der Waals surface area contributed by atoms with Gasteiger partial charge in [0.25, 0.3) is 5.91 Å². The van der Waals surface area contributed by atoms with Crippen LogP contribution >= 0.6 is 34.8 Å². The summed E-state index contributed by atoms with van der Waals surface area (Å²) in [5.74, 6) is -0.302. The summed E-state index contributed by atoms with van der Waals surface area (Å²) in [5.41, 5.74) is 1.92. The van der Waals surface area contributed by atoms with E-state index in [1.807, 2.05) is 19.1 Å². The van der Waals surface area contributed by atoms with Gasteiger partial charge in [-0.3, -0.25) is 14.9 Å². The molecule has 2 aromatic rings. The molecule has 0 saturated heterocycles. The monoisotopic (exact) mass is 467 g/mol. The Kier molecular flexibility index (Phi) is 7.32. The van der Waals surface area contributed by atoms with Crippen LogP contribution in [0.3, 0.4) is 0 Å². The number of hydrogen-bond acceptors (Lipinski definition) is 3. The fourth-order valence-corrected chi connectivity index (χ4v) is 2.95. The molecule has 0 unspecified atom stereocenters. The minimum absolute atomic E-state index is 0.0332. The first-order valence-corrected chi connectivity index (χ1v) is 9.25. The molecule has 130 valence electrons. The largest absolute Gasteiger partial charge is 0.332 e. The summed E-state index contributed by atoms with van der Waals surface area (Å²) >= 11 is 7.30. The maximum absolute atomic E-state index is 12.3. The molecular formula is C18H18IN3O2S. The second-order valence-electron chi connectivity index (χ2n) is 5.27. The normalized spacial score (nSPS) is 10.0. The number of rotatable bonds is 5. The maximum atomic E-state index is 12.3. The van der Waals surface area contributed by atoms with Crippen molar-refractivity contribution in [2.75, 3.05) is 10.6 Å². The van der Waals surface area contributed by atoms with Crippen LogP contribution in [0.5, 0.6) is 0 Å². The van der Waals surface area contributed by atoms with Gasteiger partial charge in [0, 0.05) is 21.4 Å². The minimum atomic E-state index is -0.269. The number of hydrogen-bond donors (Lipinski definition) is 3. The lowest BCUT2D eigenvalue weighted by molar-refractivity contribution is -0.116. The number of thiocarbonyl (C=S) groups is 1. The van der Waals surface area contributed by atoms with E-state index < -0.39 is 0 Å². The van der Waals surface area contributed by atoms with Crippen LogP contribution in [0.1, 0.15) is 30.1 Å². The van der Waals surface area contributed by atoms with Crippen LogP contribution in [0.25, 0.3) is 0 Å². The van der Waals surface area contributed by atoms with Gasteiger partial charge in [0.15, 0.2) is 5.11 Å². The van der Waals surface area contributed by atoms with Crippen molar-refractivity contribution in [3.63, 3.8) is 0 Å². The van der Waals surface area contributed by atoms with Crippen LogP contribution in [-0.2, 0) is 4.79 Å². The third kappa shape index (κ3) is 6.09. The second kappa shape index (κ2) is 9.47. The number of carbonyl (C=O) groups is 2. The summed E-state index contributed by atoms with van der Waals surface area (Å²) < 4.78 is 0.848. The Morgan fingerprint density at radius 2 is 1.72 bits per heavy atom. The first-order valence-electron chi connectivity index (χ1n) is 7.76. The predicted octanol–water partition coefficient (Wildman–Crippen LogP) is 4.16. The number of benzene rings is 2. The average Bonchev–Trinajstić information content (AvgIpc) is 2.55.